The van der Waals surface area contributed by atoms with Gasteiger partial charge in [-0.15, -0.1) is 0 Å². The smallest absolute Gasteiger partial charge is 0.324 e. The van der Waals surface area contributed by atoms with Gasteiger partial charge < -0.3 is 10.6 Å². The number of anilines is 1. The Balaban J connectivity index is 1.77. The first-order valence-corrected chi connectivity index (χ1v) is 8.26. The van der Waals surface area contributed by atoms with Crippen LogP contribution in [0.3, 0.4) is 0 Å². The molecule has 9 nitrogen and oxygen atoms in total. The van der Waals surface area contributed by atoms with Gasteiger partial charge in [0, 0.05) is 23.9 Å². The number of rotatable bonds is 5. The second-order valence-electron chi connectivity index (χ2n) is 6.43. The van der Waals surface area contributed by atoms with E-state index in [-0.39, 0.29) is 16.9 Å². The number of carbonyl (C=O) groups excluding carboxylic acids is 3. The van der Waals surface area contributed by atoms with Crippen LogP contribution < -0.4 is 10.6 Å². The van der Waals surface area contributed by atoms with Crippen LogP contribution in [0.5, 0.6) is 0 Å². The summed E-state index contributed by atoms with van der Waals surface area (Å²) in [6, 6.07) is 7.03. The Kier molecular flexibility index (Phi) is 4.97. The van der Waals surface area contributed by atoms with E-state index in [1.54, 1.807) is 0 Å². The van der Waals surface area contributed by atoms with Gasteiger partial charge in [-0.3, -0.25) is 24.6 Å². The number of nitro groups is 1. The zero-order chi connectivity index (χ0) is 21.3. The second-order valence-corrected chi connectivity index (χ2v) is 6.43. The molecular weight excluding hydrogens is 390 g/mol. The van der Waals surface area contributed by atoms with Gasteiger partial charge in [-0.1, -0.05) is 12.1 Å². The highest BCUT2D eigenvalue weighted by Gasteiger charge is 2.49. The second kappa shape index (κ2) is 7.26. The number of hydrogen-bond donors (Lipinski definition) is 2. The number of hydrogen-bond acceptors (Lipinski definition) is 5. The number of nitrogens with zero attached hydrogens (tertiary/aromatic N) is 2. The van der Waals surface area contributed by atoms with Crippen molar-refractivity contribution in [2.45, 2.75) is 12.5 Å². The normalized spacial score (nSPS) is 18.5. The molecule has 150 valence electrons. The Morgan fingerprint density at radius 3 is 2.59 bits per heavy atom. The van der Waals surface area contributed by atoms with Crippen LogP contribution >= 0.6 is 0 Å². The van der Waals surface area contributed by atoms with Crippen LogP contribution in [0.15, 0.2) is 42.5 Å². The minimum Gasteiger partial charge on any atom is -0.324 e. The fraction of sp³-hybridized carbons (Fsp3) is 0.167. The van der Waals surface area contributed by atoms with Crippen LogP contribution in [-0.4, -0.2) is 34.2 Å². The van der Waals surface area contributed by atoms with Crippen molar-refractivity contribution in [2.24, 2.45) is 0 Å². The van der Waals surface area contributed by atoms with Crippen molar-refractivity contribution in [3.05, 3.63) is 69.8 Å². The third kappa shape index (κ3) is 3.74. The summed E-state index contributed by atoms with van der Waals surface area (Å²) in [7, 11) is 0. The van der Waals surface area contributed by atoms with Crippen molar-refractivity contribution < 1.29 is 28.1 Å². The molecule has 0 bridgehead atoms. The van der Waals surface area contributed by atoms with Crippen molar-refractivity contribution in [3.8, 4) is 0 Å². The lowest BCUT2D eigenvalue weighted by atomic mass is 9.91. The summed E-state index contributed by atoms with van der Waals surface area (Å²) in [5, 5.41) is 15.7. The van der Waals surface area contributed by atoms with Crippen molar-refractivity contribution >= 4 is 29.2 Å². The molecule has 1 fully saturated rings. The Morgan fingerprint density at radius 1 is 1.21 bits per heavy atom. The molecule has 2 aromatic carbocycles. The summed E-state index contributed by atoms with van der Waals surface area (Å²) in [5.41, 5.74) is -1.75. The molecule has 1 saturated heterocycles. The summed E-state index contributed by atoms with van der Waals surface area (Å²) >= 11 is 0. The quantitative estimate of drug-likeness (QED) is 0.450. The maximum Gasteiger partial charge on any atom is 0.325 e. The van der Waals surface area contributed by atoms with Gasteiger partial charge in [0.05, 0.1) is 4.92 Å². The van der Waals surface area contributed by atoms with Crippen molar-refractivity contribution in [1.29, 1.82) is 0 Å². The highest BCUT2D eigenvalue weighted by atomic mass is 19.2. The molecule has 0 aromatic heterocycles. The van der Waals surface area contributed by atoms with E-state index >= 15 is 0 Å². The van der Waals surface area contributed by atoms with E-state index in [0.29, 0.717) is 4.90 Å². The molecule has 1 atom stereocenters. The zero-order valence-corrected chi connectivity index (χ0v) is 14.9. The molecule has 0 saturated carbocycles. The fourth-order valence-corrected chi connectivity index (χ4v) is 2.88. The number of nitro benzene ring substituents is 1. The first kappa shape index (κ1) is 19.9. The Bertz CT molecular complexity index is 1040. The highest BCUT2D eigenvalue weighted by Crippen LogP contribution is 2.30. The molecule has 29 heavy (non-hydrogen) atoms. The Hall–Kier alpha value is -3.89. The van der Waals surface area contributed by atoms with E-state index in [4.69, 9.17) is 0 Å². The molecule has 1 aliphatic rings. The summed E-state index contributed by atoms with van der Waals surface area (Å²) in [6.45, 7) is 0.674. The minimum atomic E-state index is -1.61. The van der Waals surface area contributed by atoms with E-state index < -0.39 is 46.5 Å². The van der Waals surface area contributed by atoms with E-state index in [2.05, 4.69) is 10.6 Å². The lowest BCUT2D eigenvalue weighted by Crippen LogP contribution is -2.42. The topological polar surface area (TPSA) is 122 Å². The summed E-state index contributed by atoms with van der Waals surface area (Å²) in [5.74, 6) is -3.87. The Labute approximate surface area is 162 Å². The molecule has 2 aromatic rings. The standard InChI is InChI=1S/C18H14F2N4O5/c1-18(10-3-2-4-12(7-10)24(28)29)16(26)23(17(27)22-18)9-15(25)21-11-5-6-13(19)14(20)8-11/h2-8H,9H2,1H3,(H,21,25)(H,22,27). The minimum absolute atomic E-state index is 0.0533. The average Bonchev–Trinajstić information content (AvgIpc) is 2.89. The highest BCUT2D eigenvalue weighted by molar-refractivity contribution is 6.10. The summed E-state index contributed by atoms with van der Waals surface area (Å²) in [6.07, 6.45) is 0. The van der Waals surface area contributed by atoms with Crippen LogP contribution in [0.1, 0.15) is 12.5 Å². The van der Waals surface area contributed by atoms with Crippen LogP contribution in [0.2, 0.25) is 0 Å². The van der Waals surface area contributed by atoms with Gasteiger partial charge in [0.25, 0.3) is 11.6 Å². The lowest BCUT2D eigenvalue weighted by Gasteiger charge is -2.22. The van der Waals surface area contributed by atoms with Crippen molar-refractivity contribution in [2.75, 3.05) is 11.9 Å². The van der Waals surface area contributed by atoms with Gasteiger partial charge in [0.1, 0.15) is 12.1 Å². The first-order valence-electron chi connectivity index (χ1n) is 8.26. The molecule has 1 aliphatic heterocycles. The first-order chi connectivity index (χ1) is 13.6. The summed E-state index contributed by atoms with van der Waals surface area (Å²) in [4.78, 5) is 48.2. The molecule has 3 rings (SSSR count). The van der Waals surface area contributed by atoms with Crippen molar-refractivity contribution in [3.63, 3.8) is 0 Å². The molecule has 11 heteroatoms. The van der Waals surface area contributed by atoms with Crippen LogP contribution in [0.4, 0.5) is 25.0 Å². The van der Waals surface area contributed by atoms with Crippen LogP contribution in [0.25, 0.3) is 0 Å². The fourth-order valence-electron chi connectivity index (χ4n) is 2.88. The predicted molar refractivity (Wildman–Crippen MR) is 95.7 cm³/mol. The number of amides is 4. The monoisotopic (exact) mass is 404 g/mol. The van der Waals surface area contributed by atoms with Gasteiger partial charge >= 0.3 is 6.03 Å². The van der Waals surface area contributed by atoms with Gasteiger partial charge in [-0.05, 0) is 24.6 Å². The largest absolute Gasteiger partial charge is 0.325 e. The van der Waals surface area contributed by atoms with Gasteiger partial charge in [0.2, 0.25) is 5.91 Å². The van der Waals surface area contributed by atoms with Crippen LogP contribution in [0, 0.1) is 21.7 Å². The molecule has 1 unspecified atom stereocenters. The number of halogens is 2. The lowest BCUT2D eigenvalue weighted by molar-refractivity contribution is -0.385. The van der Waals surface area contributed by atoms with Crippen molar-refractivity contribution in [1.82, 2.24) is 10.2 Å². The zero-order valence-electron chi connectivity index (χ0n) is 14.9. The molecule has 0 radical (unpaired) electrons. The number of imide groups is 1. The number of non-ortho nitro benzene ring substituents is 1. The number of carbonyl (C=O) groups is 3. The number of urea groups is 1. The summed E-state index contributed by atoms with van der Waals surface area (Å²) < 4.78 is 26.2. The number of nitrogens with one attached hydrogen (secondary N) is 2. The molecule has 0 aliphatic carbocycles. The maximum absolute atomic E-state index is 13.2. The third-order valence-electron chi connectivity index (χ3n) is 4.41. The average molecular weight is 404 g/mol. The third-order valence-corrected chi connectivity index (χ3v) is 4.41. The maximum atomic E-state index is 13.2. The van der Waals surface area contributed by atoms with E-state index in [0.717, 1.165) is 24.3 Å². The molecule has 4 amide bonds. The van der Waals surface area contributed by atoms with E-state index in [1.165, 1.54) is 25.1 Å². The SMILES string of the molecule is CC1(c2cccc([N+](=O)[O-])c2)NC(=O)N(CC(=O)Nc2ccc(F)c(F)c2)C1=O. The molecule has 1 heterocycles. The van der Waals surface area contributed by atoms with Gasteiger partial charge in [0.15, 0.2) is 11.6 Å². The molecular formula is C18H14F2N4O5. The van der Waals surface area contributed by atoms with Gasteiger partial charge in [-0.2, -0.15) is 0 Å². The number of benzene rings is 2. The molecule has 2 N–H and O–H groups in total. The van der Waals surface area contributed by atoms with Crippen LogP contribution in [-0.2, 0) is 15.1 Å². The van der Waals surface area contributed by atoms with E-state index in [9.17, 15) is 33.3 Å². The Morgan fingerprint density at radius 2 is 1.93 bits per heavy atom. The predicted octanol–water partition coefficient (Wildman–Crippen LogP) is 2.28. The van der Waals surface area contributed by atoms with Gasteiger partial charge in [-0.25, -0.2) is 13.6 Å². The molecule has 0 spiro atoms. The van der Waals surface area contributed by atoms with E-state index in [1.807, 2.05) is 0 Å².